The largest absolute Gasteiger partial charge is 0.341 e. The topological polar surface area (TPSA) is 68.1 Å². The number of carbonyl (C=O) groups excluding carboxylic acids is 1. The normalized spacial score (nSPS) is 10.9. The molecule has 0 unspecified atom stereocenters. The molecule has 0 radical (unpaired) electrons. The Labute approximate surface area is 184 Å². The molecule has 0 N–H and O–H groups in total. The fourth-order valence-electron chi connectivity index (χ4n) is 3.25. The lowest BCUT2D eigenvalue weighted by atomic mass is 10.2. The van der Waals surface area contributed by atoms with E-state index in [1.807, 2.05) is 60.7 Å². The molecule has 0 spiro atoms. The quantitative estimate of drug-likeness (QED) is 0.331. The second kappa shape index (κ2) is 9.57. The van der Waals surface area contributed by atoms with Gasteiger partial charge in [-0.15, -0.1) is 0 Å². The molecule has 4 aromatic rings. The summed E-state index contributed by atoms with van der Waals surface area (Å²) >= 11 is 1.28. The number of carbonyl (C=O) groups is 1. The van der Waals surface area contributed by atoms with Crippen molar-refractivity contribution in [1.29, 1.82) is 0 Å². The first-order chi connectivity index (χ1) is 15.1. The molecule has 1 amide bonds. The fraction of sp³-hybridized carbons (Fsp3) is 0.167. The van der Waals surface area contributed by atoms with E-state index < -0.39 is 0 Å². The molecule has 31 heavy (non-hydrogen) atoms. The van der Waals surface area contributed by atoms with Gasteiger partial charge in [-0.05, 0) is 29.3 Å². The number of hydrogen-bond donors (Lipinski definition) is 0. The molecule has 2 heterocycles. The number of nitrogens with zero attached hydrogens (tertiary/aromatic N) is 4. The molecule has 2 aromatic heterocycles. The van der Waals surface area contributed by atoms with Crippen LogP contribution in [0.2, 0.25) is 0 Å². The summed E-state index contributed by atoms with van der Waals surface area (Å²) in [7, 11) is 1.78. The molecule has 0 aliphatic heterocycles. The van der Waals surface area contributed by atoms with Crippen LogP contribution in [0.25, 0.3) is 10.9 Å². The molecule has 0 saturated heterocycles. The van der Waals surface area contributed by atoms with Crippen molar-refractivity contribution in [3.63, 3.8) is 0 Å². The lowest BCUT2D eigenvalue weighted by Gasteiger charge is -2.18. The van der Waals surface area contributed by atoms with Gasteiger partial charge >= 0.3 is 0 Å². The molecular formula is C24H22N4O2S. The summed E-state index contributed by atoms with van der Waals surface area (Å²) in [5.41, 5.74) is 2.47. The number of pyridine rings is 1. The van der Waals surface area contributed by atoms with Crippen LogP contribution in [0.15, 0.2) is 89.1 Å². The van der Waals surface area contributed by atoms with Crippen molar-refractivity contribution >= 4 is 28.6 Å². The summed E-state index contributed by atoms with van der Waals surface area (Å²) < 4.78 is 1.62. The summed E-state index contributed by atoms with van der Waals surface area (Å²) in [6.07, 6.45) is 3.43. The van der Waals surface area contributed by atoms with Gasteiger partial charge in [-0.2, -0.15) is 0 Å². The average molecular weight is 431 g/mol. The molecule has 0 aliphatic carbocycles. The van der Waals surface area contributed by atoms with Crippen molar-refractivity contribution in [2.75, 3.05) is 12.8 Å². The van der Waals surface area contributed by atoms with Crippen LogP contribution in [0.3, 0.4) is 0 Å². The van der Waals surface area contributed by atoms with E-state index in [1.54, 1.807) is 35.0 Å². The number of benzene rings is 2. The van der Waals surface area contributed by atoms with Gasteiger partial charge in [0.25, 0.3) is 5.56 Å². The molecule has 0 aliphatic rings. The number of rotatable bonds is 7. The van der Waals surface area contributed by atoms with Crippen LogP contribution >= 0.6 is 11.8 Å². The van der Waals surface area contributed by atoms with Crippen LogP contribution in [-0.4, -0.2) is 38.1 Å². The smallest absolute Gasteiger partial charge is 0.262 e. The minimum Gasteiger partial charge on any atom is -0.341 e. The minimum atomic E-state index is -0.123. The zero-order valence-corrected chi connectivity index (χ0v) is 18.0. The number of fused-ring (bicyclic) bond motifs is 1. The monoisotopic (exact) mass is 430 g/mol. The van der Waals surface area contributed by atoms with Gasteiger partial charge in [-0.3, -0.25) is 19.1 Å². The Morgan fingerprint density at radius 2 is 1.74 bits per heavy atom. The highest BCUT2D eigenvalue weighted by atomic mass is 32.2. The van der Waals surface area contributed by atoms with E-state index in [2.05, 4.69) is 9.97 Å². The Morgan fingerprint density at radius 1 is 1.00 bits per heavy atom. The van der Waals surface area contributed by atoms with E-state index in [-0.39, 0.29) is 17.2 Å². The van der Waals surface area contributed by atoms with Crippen LogP contribution in [0.4, 0.5) is 0 Å². The van der Waals surface area contributed by atoms with Gasteiger partial charge in [0.15, 0.2) is 5.16 Å². The van der Waals surface area contributed by atoms with Crippen molar-refractivity contribution in [2.45, 2.75) is 18.2 Å². The third-order valence-corrected chi connectivity index (χ3v) is 5.86. The summed E-state index contributed by atoms with van der Waals surface area (Å²) in [5, 5.41) is 1.08. The second-order valence-electron chi connectivity index (χ2n) is 7.19. The standard InChI is InChI=1S/C24H22N4O2S/c1-27(15-18-8-3-2-4-9-18)22(29)17-31-24-26-21-12-6-5-11-20(21)23(30)28(24)16-19-10-7-13-25-14-19/h2-14H,15-17H2,1H3. The van der Waals surface area contributed by atoms with Crippen molar-refractivity contribution in [2.24, 2.45) is 0 Å². The summed E-state index contributed by atoms with van der Waals surface area (Å²) in [5.74, 6) is 0.172. The third kappa shape index (κ3) is 5.00. The van der Waals surface area contributed by atoms with Crippen LogP contribution in [0.1, 0.15) is 11.1 Å². The Hall–Kier alpha value is -3.45. The van der Waals surface area contributed by atoms with Gasteiger partial charge in [0.05, 0.1) is 23.2 Å². The van der Waals surface area contributed by atoms with Gasteiger partial charge in [0.2, 0.25) is 5.91 Å². The van der Waals surface area contributed by atoms with Gasteiger partial charge < -0.3 is 4.90 Å². The summed E-state index contributed by atoms with van der Waals surface area (Å²) in [6.45, 7) is 0.884. The van der Waals surface area contributed by atoms with E-state index in [0.29, 0.717) is 29.1 Å². The maximum Gasteiger partial charge on any atom is 0.262 e. The van der Waals surface area contributed by atoms with E-state index >= 15 is 0 Å². The number of thioether (sulfide) groups is 1. The summed E-state index contributed by atoms with van der Waals surface area (Å²) in [4.78, 5) is 36.4. The average Bonchev–Trinajstić information content (AvgIpc) is 2.81. The Morgan fingerprint density at radius 3 is 2.52 bits per heavy atom. The molecule has 0 bridgehead atoms. The maximum absolute atomic E-state index is 13.2. The number of para-hydroxylation sites is 1. The van der Waals surface area contributed by atoms with Crippen LogP contribution < -0.4 is 5.56 Å². The number of aromatic nitrogens is 3. The Kier molecular flexibility index (Phi) is 6.43. The highest BCUT2D eigenvalue weighted by molar-refractivity contribution is 7.99. The predicted molar refractivity (Wildman–Crippen MR) is 123 cm³/mol. The Balaban J connectivity index is 1.57. The molecule has 2 aromatic carbocycles. The van der Waals surface area contributed by atoms with Crippen LogP contribution in [0, 0.1) is 0 Å². The molecule has 156 valence electrons. The number of hydrogen-bond acceptors (Lipinski definition) is 5. The minimum absolute atomic E-state index is 0.0239. The van der Waals surface area contributed by atoms with E-state index in [4.69, 9.17) is 0 Å². The third-order valence-electron chi connectivity index (χ3n) is 4.90. The first-order valence-electron chi connectivity index (χ1n) is 9.91. The molecule has 0 fully saturated rings. The van der Waals surface area contributed by atoms with Crippen molar-refractivity contribution in [3.05, 3.63) is 101 Å². The highest BCUT2D eigenvalue weighted by Crippen LogP contribution is 2.19. The van der Waals surface area contributed by atoms with Gasteiger partial charge in [-0.25, -0.2) is 4.98 Å². The SMILES string of the molecule is CN(Cc1ccccc1)C(=O)CSc1nc2ccccc2c(=O)n1Cc1cccnc1. The van der Waals surface area contributed by atoms with Gasteiger partial charge in [0.1, 0.15) is 0 Å². The van der Waals surface area contributed by atoms with Crippen LogP contribution in [-0.2, 0) is 17.9 Å². The molecule has 7 heteroatoms. The van der Waals surface area contributed by atoms with E-state index in [0.717, 1.165) is 11.1 Å². The molecule has 6 nitrogen and oxygen atoms in total. The maximum atomic E-state index is 13.2. The van der Waals surface area contributed by atoms with E-state index in [9.17, 15) is 9.59 Å². The van der Waals surface area contributed by atoms with Crippen molar-refractivity contribution in [3.8, 4) is 0 Å². The molecular weight excluding hydrogens is 408 g/mol. The second-order valence-corrected chi connectivity index (χ2v) is 8.13. The van der Waals surface area contributed by atoms with Crippen molar-refractivity contribution in [1.82, 2.24) is 19.4 Å². The van der Waals surface area contributed by atoms with Gasteiger partial charge in [0, 0.05) is 26.0 Å². The van der Waals surface area contributed by atoms with E-state index in [1.165, 1.54) is 11.8 Å². The highest BCUT2D eigenvalue weighted by Gasteiger charge is 2.16. The zero-order valence-electron chi connectivity index (χ0n) is 17.1. The lowest BCUT2D eigenvalue weighted by Crippen LogP contribution is -2.29. The van der Waals surface area contributed by atoms with Gasteiger partial charge in [-0.1, -0.05) is 60.3 Å². The first-order valence-corrected chi connectivity index (χ1v) is 10.9. The molecule has 0 saturated carbocycles. The predicted octanol–water partition coefficient (Wildman–Crippen LogP) is 3.59. The molecule has 4 rings (SSSR count). The first kappa shape index (κ1) is 20.8. The van der Waals surface area contributed by atoms with Crippen molar-refractivity contribution < 1.29 is 4.79 Å². The lowest BCUT2D eigenvalue weighted by molar-refractivity contribution is -0.127. The number of amides is 1. The van der Waals surface area contributed by atoms with Crippen LogP contribution in [0.5, 0.6) is 0 Å². The fourth-order valence-corrected chi connectivity index (χ4v) is 4.19. The Bertz CT molecular complexity index is 1240. The molecule has 0 atom stereocenters. The summed E-state index contributed by atoms with van der Waals surface area (Å²) in [6, 6.07) is 20.9. The zero-order chi connectivity index (χ0) is 21.6.